The lowest BCUT2D eigenvalue weighted by molar-refractivity contribution is -0.114. The van der Waals surface area contributed by atoms with Gasteiger partial charge in [-0.15, -0.1) is 5.10 Å². The van der Waals surface area contributed by atoms with E-state index in [4.69, 9.17) is 10.5 Å². The molecule has 1 aromatic carbocycles. The van der Waals surface area contributed by atoms with E-state index >= 15 is 0 Å². The Kier molecular flexibility index (Phi) is 5.48. The molecule has 3 rings (SSSR count). The molecule has 0 radical (unpaired) electrons. The number of esters is 1. The first-order chi connectivity index (χ1) is 13.5. The van der Waals surface area contributed by atoms with Gasteiger partial charge in [-0.3, -0.25) is 4.79 Å². The van der Waals surface area contributed by atoms with Crippen molar-refractivity contribution in [1.82, 2.24) is 25.3 Å². The predicted octanol–water partition coefficient (Wildman–Crippen LogP) is 0.980. The summed E-state index contributed by atoms with van der Waals surface area (Å²) in [7, 11) is 0. The lowest BCUT2D eigenvalue weighted by Crippen LogP contribution is -2.14. The summed E-state index contributed by atoms with van der Waals surface area (Å²) in [5, 5.41) is 20.8. The Hall–Kier alpha value is -3.96. The first kappa shape index (κ1) is 18.8. The van der Waals surface area contributed by atoms with Crippen molar-refractivity contribution < 1.29 is 19.0 Å². The Morgan fingerprint density at radius 1 is 1.21 bits per heavy atom. The van der Waals surface area contributed by atoms with Crippen molar-refractivity contribution in [3.05, 3.63) is 35.7 Å². The fourth-order valence-electron chi connectivity index (χ4n) is 2.39. The number of carbonyl (C=O) groups excluding carboxylic acids is 2. The van der Waals surface area contributed by atoms with Crippen LogP contribution in [0, 0.1) is 0 Å². The molecule has 0 aliphatic heterocycles. The van der Waals surface area contributed by atoms with E-state index in [1.54, 1.807) is 31.2 Å². The van der Waals surface area contributed by atoms with Gasteiger partial charge in [0.25, 0.3) is 0 Å². The van der Waals surface area contributed by atoms with Gasteiger partial charge in [-0.05, 0) is 41.5 Å². The maximum atomic E-state index is 12.2. The minimum atomic E-state index is -0.624. The van der Waals surface area contributed by atoms with Crippen LogP contribution < -0.4 is 16.4 Å². The summed E-state index contributed by atoms with van der Waals surface area (Å²) >= 11 is 0. The molecule has 0 spiro atoms. The Bertz CT molecular complexity index is 979. The monoisotopic (exact) mass is 386 g/mol. The van der Waals surface area contributed by atoms with Crippen molar-refractivity contribution in [3.8, 4) is 5.82 Å². The van der Waals surface area contributed by atoms with Crippen LogP contribution in [0.1, 0.15) is 30.0 Å². The Labute approximate surface area is 159 Å². The number of nitrogen functional groups attached to an aromatic ring is 1. The fraction of sp³-hybridized carbons (Fsp3) is 0.250. The van der Waals surface area contributed by atoms with Crippen LogP contribution in [0.4, 0.5) is 17.2 Å². The summed E-state index contributed by atoms with van der Waals surface area (Å²) in [6, 6.07) is 7.03. The minimum absolute atomic E-state index is 0.00113. The van der Waals surface area contributed by atoms with Crippen molar-refractivity contribution in [2.24, 2.45) is 0 Å². The first-order valence-corrected chi connectivity index (χ1v) is 8.31. The molecule has 0 atom stereocenters. The molecule has 0 aliphatic rings. The number of carbonyl (C=O) groups is 2. The van der Waals surface area contributed by atoms with Crippen LogP contribution in [0.15, 0.2) is 28.9 Å². The number of rotatable bonds is 7. The largest absolute Gasteiger partial charge is 0.461 e. The van der Waals surface area contributed by atoms with E-state index in [1.807, 2.05) is 0 Å². The summed E-state index contributed by atoms with van der Waals surface area (Å²) in [4.78, 5) is 23.3. The molecule has 28 heavy (non-hydrogen) atoms. The molecular formula is C16H18N8O4. The Balaban J connectivity index is 1.85. The van der Waals surface area contributed by atoms with Gasteiger partial charge in [0.1, 0.15) is 5.69 Å². The summed E-state index contributed by atoms with van der Waals surface area (Å²) in [5.74, 6) is -0.669. The van der Waals surface area contributed by atoms with Gasteiger partial charge in [0.15, 0.2) is 5.69 Å². The fourth-order valence-corrected chi connectivity index (χ4v) is 2.39. The third kappa shape index (κ3) is 4.06. The zero-order chi connectivity index (χ0) is 20.1. The number of nitrogens with one attached hydrogen (secondary N) is 2. The quantitative estimate of drug-likeness (QED) is 0.499. The van der Waals surface area contributed by atoms with Crippen LogP contribution in [0.25, 0.3) is 5.82 Å². The van der Waals surface area contributed by atoms with Crippen molar-refractivity contribution in [2.75, 3.05) is 23.0 Å². The number of hydrogen-bond acceptors (Lipinski definition) is 10. The van der Waals surface area contributed by atoms with Crippen molar-refractivity contribution in [1.29, 1.82) is 0 Å². The number of anilines is 3. The highest BCUT2D eigenvalue weighted by Gasteiger charge is 2.24. The number of ether oxygens (including phenoxy) is 1. The van der Waals surface area contributed by atoms with Crippen LogP contribution in [-0.4, -0.2) is 43.8 Å². The number of nitrogens with two attached hydrogens (primary N) is 1. The molecule has 12 nitrogen and oxygen atoms in total. The Morgan fingerprint density at radius 2 is 1.93 bits per heavy atom. The molecule has 0 bridgehead atoms. The van der Waals surface area contributed by atoms with Gasteiger partial charge in [0, 0.05) is 18.3 Å². The highest BCUT2D eigenvalue weighted by Crippen LogP contribution is 2.19. The summed E-state index contributed by atoms with van der Waals surface area (Å²) in [5.41, 5.74) is 7.51. The van der Waals surface area contributed by atoms with Gasteiger partial charge < -0.3 is 21.1 Å². The summed E-state index contributed by atoms with van der Waals surface area (Å²) in [6.45, 7) is 3.47. The number of amides is 1. The number of nitrogens with zero attached hydrogens (tertiary/aromatic N) is 5. The Morgan fingerprint density at radius 3 is 2.54 bits per heavy atom. The molecule has 0 saturated carbocycles. The SMILES string of the molecule is CCOC(=O)c1nnn(-c2nonc2N)c1CNc1ccc(NC(C)=O)cc1. The first-order valence-electron chi connectivity index (χ1n) is 8.31. The van der Waals surface area contributed by atoms with Crippen LogP contribution in [0.5, 0.6) is 0 Å². The lowest BCUT2D eigenvalue weighted by atomic mass is 10.2. The zero-order valence-corrected chi connectivity index (χ0v) is 15.2. The second kappa shape index (κ2) is 8.16. The summed E-state index contributed by atoms with van der Waals surface area (Å²) in [6.07, 6.45) is 0. The smallest absolute Gasteiger partial charge is 0.360 e. The maximum absolute atomic E-state index is 12.2. The molecule has 0 fully saturated rings. The zero-order valence-electron chi connectivity index (χ0n) is 15.2. The van der Waals surface area contributed by atoms with Gasteiger partial charge in [0.05, 0.1) is 13.2 Å². The molecule has 1 amide bonds. The second-order valence-electron chi connectivity index (χ2n) is 5.60. The molecule has 0 unspecified atom stereocenters. The van der Waals surface area contributed by atoms with Gasteiger partial charge in [0.2, 0.25) is 17.5 Å². The number of benzene rings is 1. The predicted molar refractivity (Wildman–Crippen MR) is 97.7 cm³/mol. The van der Waals surface area contributed by atoms with Gasteiger partial charge in [-0.25, -0.2) is 9.42 Å². The van der Waals surface area contributed by atoms with Gasteiger partial charge >= 0.3 is 5.97 Å². The number of aromatic nitrogens is 5. The molecule has 4 N–H and O–H groups in total. The average molecular weight is 386 g/mol. The standard InChI is InChI=1S/C16H18N8O4/c1-3-27-16(26)13-12(24(23-20-13)15-14(17)21-28-22-15)8-18-10-4-6-11(7-5-10)19-9(2)25/h4-7,18H,3,8H2,1-2H3,(H2,17,21)(H,19,25). The second-order valence-corrected chi connectivity index (χ2v) is 5.60. The molecule has 146 valence electrons. The lowest BCUT2D eigenvalue weighted by Gasteiger charge is -2.10. The van der Waals surface area contributed by atoms with Crippen LogP contribution in [-0.2, 0) is 16.1 Å². The van der Waals surface area contributed by atoms with E-state index in [2.05, 4.69) is 35.9 Å². The molecular weight excluding hydrogens is 368 g/mol. The molecule has 0 saturated heterocycles. The van der Waals surface area contributed by atoms with E-state index in [0.29, 0.717) is 11.4 Å². The molecule has 12 heteroatoms. The van der Waals surface area contributed by atoms with E-state index in [1.165, 1.54) is 11.6 Å². The van der Waals surface area contributed by atoms with Gasteiger partial charge in [-0.1, -0.05) is 5.21 Å². The van der Waals surface area contributed by atoms with E-state index in [9.17, 15) is 9.59 Å². The highest BCUT2D eigenvalue weighted by atomic mass is 16.6. The third-order valence-corrected chi connectivity index (χ3v) is 3.59. The van der Waals surface area contributed by atoms with Crippen molar-refractivity contribution in [2.45, 2.75) is 20.4 Å². The molecule has 3 aromatic rings. The highest BCUT2D eigenvalue weighted by molar-refractivity contribution is 5.89. The summed E-state index contributed by atoms with van der Waals surface area (Å²) < 4.78 is 10.9. The maximum Gasteiger partial charge on any atom is 0.360 e. The average Bonchev–Trinajstić information content (AvgIpc) is 3.26. The minimum Gasteiger partial charge on any atom is -0.461 e. The van der Waals surface area contributed by atoms with E-state index in [0.717, 1.165) is 5.69 Å². The van der Waals surface area contributed by atoms with Crippen LogP contribution in [0.2, 0.25) is 0 Å². The van der Waals surface area contributed by atoms with Crippen LogP contribution >= 0.6 is 0 Å². The van der Waals surface area contributed by atoms with Crippen molar-refractivity contribution >= 4 is 29.1 Å². The normalized spacial score (nSPS) is 10.5. The number of hydrogen-bond donors (Lipinski definition) is 3. The molecule has 0 aliphatic carbocycles. The van der Waals surface area contributed by atoms with E-state index < -0.39 is 5.97 Å². The third-order valence-electron chi connectivity index (χ3n) is 3.59. The topological polar surface area (TPSA) is 163 Å². The van der Waals surface area contributed by atoms with Crippen LogP contribution in [0.3, 0.4) is 0 Å². The van der Waals surface area contributed by atoms with Crippen molar-refractivity contribution in [3.63, 3.8) is 0 Å². The van der Waals surface area contributed by atoms with Gasteiger partial charge in [-0.2, -0.15) is 4.68 Å². The molecule has 2 heterocycles. The molecule has 2 aromatic heterocycles. The van der Waals surface area contributed by atoms with E-state index in [-0.39, 0.29) is 36.4 Å².